The summed E-state index contributed by atoms with van der Waals surface area (Å²) in [6, 6.07) is 14.8. The highest BCUT2D eigenvalue weighted by molar-refractivity contribution is 7.98. The van der Waals surface area contributed by atoms with Crippen molar-refractivity contribution in [1.29, 1.82) is 0 Å². The fourth-order valence-electron chi connectivity index (χ4n) is 2.01. The lowest BCUT2D eigenvalue weighted by Gasteiger charge is -2.09. The van der Waals surface area contributed by atoms with Crippen molar-refractivity contribution in [2.45, 2.75) is 17.2 Å². The van der Waals surface area contributed by atoms with E-state index in [1.807, 2.05) is 30.3 Å². The molecule has 7 heteroatoms. The number of hydrogen-bond acceptors (Lipinski definition) is 4. The van der Waals surface area contributed by atoms with Gasteiger partial charge < -0.3 is 4.42 Å². The average molecular weight is 336 g/mol. The van der Waals surface area contributed by atoms with Crippen LogP contribution in [0.3, 0.4) is 0 Å². The predicted octanol–water partition coefficient (Wildman–Crippen LogP) is 5.05. The van der Waals surface area contributed by atoms with E-state index in [2.05, 4.69) is 10.2 Å². The molecule has 1 heterocycles. The largest absolute Gasteiger partial charge is 0.417 e. The maximum atomic E-state index is 13.0. The second-order valence-electron chi connectivity index (χ2n) is 4.69. The van der Waals surface area contributed by atoms with Crippen molar-refractivity contribution < 1.29 is 17.6 Å². The zero-order valence-electron chi connectivity index (χ0n) is 11.7. The molecule has 0 radical (unpaired) electrons. The van der Waals surface area contributed by atoms with Crippen LogP contribution in [0.4, 0.5) is 13.2 Å². The first-order chi connectivity index (χ1) is 11.0. The predicted molar refractivity (Wildman–Crippen MR) is 80.7 cm³/mol. The third-order valence-corrected chi connectivity index (χ3v) is 3.96. The minimum Gasteiger partial charge on any atom is -0.411 e. The Kier molecular flexibility index (Phi) is 4.38. The topological polar surface area (TPSA) is 38.9 Å². The van der Waals surface area contributed by atoms with Crippen molar-refractivity contribution in [3.05, 3.63) is 65.7 Å². The molecule has 0 saturated heterocycles. The van der Waals surface area contributed by atoms with Gasteiger partial charge in [0.05, 0.1) is 11.1 Å². The molecular weight excluding hydrogens is 325 g/mol. The van der Waals surface area contributed by atoms with Crippen LogP contribution >= 0.6 is 11.8 Å². The molecule has 0 saturated carbocycles. The van der Waals surface area contributed by atoms with Gasteiger partial charge in [-0.3, -0.25) is 0 Å². The number of benzene rings is 2. The summed E-state index contributed by atoms with van der Waals surface area (Å²) in [6.45, 7) is 0. The van der Waals surface area contributed by atoms with E-state index in [0.29, 0.717) is 5.75 Å². The van der Waals surface area contributed by atoms with Crippen LogP contribution in [-0.2, 0) is 11.9 Å². The highest BCUT2D eigenvalue weighted by Crippen LogP contribution is 2.37. The van der Waals surface area contributed by atoms with E-state index in [4.69, 9.17) is 4.42 Å². The Bertz CT molecular complexity index is 787. The van der Waals surface area contributed by atoms with Gasteiger partial charge in [-0.15, -0.1) is 10.2 Å². The van der Waals surface area contributed by atoms with E-state index in [-0.39, 0.29) is 16.7 Å². The smallest absolute Gasteiger partial charge is 0.411 e. The summed E-state index contributed by atoms with van der Waals surface area (Å²) in [5.74, 6) is 0.470. The number of nitrogens with zero attached hydrogens (tertiary/aromatic N) is 2. The molecule has 0 aliphatic heterocycles. The lowest BCUT2D eigenvalue weighted by atomic mass is 10.1. The van der Waals surface area contributed by atoms with Crippen LogP contribution in [0.1, 0.15) is 11.1 Å². The molecule has 23 heavy (non-hydrogen) atoms. The zero-order chi connectivity index (χ0) is 16.3. The molecule has 3 rings (SSSR count). The Balaban J connectivity index is 1.80. The van der Waals surface area contributed by atoms with Gasteiger partial charge in [-0.25, -0.2) is 0 Å². The Hall–Kier alpha value is -2.28. The summed E-state index contributed by atoms with van der Waals surface area (Å²) in [6.07, 6.45) is -4.47. The molecule has 0 atom stereocenters. The summed E-state index contributed by atoms with van der Waals surface area (Å²) in [7, 11) is 0. The summed E-state index contributed by atoms with van der Waals surface area (Å²) in [4.78, 5) is 0. The number of aromatic nitrogens is 2. The monoisotopic (exact) mass is 336 g/mol. The third-order valence-electron chi connectivity index (χ3n) is 3.07. The molecule has 0 aliphatic carbocycles. The molecule has 0 amide bonds. The van der Waals surface area contributed by atoms with Gasteiger partial charge in [0.2, 0.25) is 5.89 Å². The molecule has 118 valence electrons. The van der Waals surface area contributed by atoms with Crippen LogP contribution in [0.15, 0.2) is 64.2 Å². The normalized spacial score (nSPS) is 11.6. The van der Waals surface area contributed by atoms with Crippen LogP contribution in [-0.4, -0.2) is 10.2 Å². The maximum Gasteiger partial charge on any atom is 0.417 e. The molecule has 0 N–H and O–H groups in total. The number of hydrogen-bond donors (Lipinski definition) is 0. The van der Waals surface area contributed by atoms with Crippen molar-refractivity contribution in [3.63, 3.8) is 0 Å². The van der Waals surface area contributed by atoms with Crippen LogP contribution in [0, 0.1) is 0 Å². The van der Waals surface area contributed by atoms with Crippen molar-refractivity contribution in [2.75, 3.05) is 0 Å². The van der Waals surface area contributed by atoms with Gasteiger partial charge in [0, 0.05) is 5.75 Å². The van der Waals surface area contributed by atoms with Crippen LogP contribution in [0.5, 0.6) is 0 Å². The molecule has 0 bridgehead atoms. The van der Waals surface area contributed by atoms with Gasteiger partial charge in [0.1, 0.15) is 0 Å². The van der Waals surface area contributed by atoms with E-state index in [9.17, 15) is 13.2 Å². The zero-order valence-corrected chi connectivity index (χ0v) is 12.6. The minimum atomic E-state index is -4.47. The molecular formula is C16H11F3N2OS. The molecule has 0 spiro atoms. The van der Waals surface area contributed by atoms with Gasteiger partial charge in [-0.2, -0.15) is 13.2 Å². The highest BCUT2D eigenvalue weighted by Gasteiger charge is 2.34. The lowest BCUT2D eigenvalue weighted by Crippen LogP contribution is -2.06. The molecule has 3 nitrogen and oxygen atoms in total. The second-order valence-corrected chi connectivity index (χ2v) is 5.62. The Morgan fingerprint density at radius 3 is 2.35 bits per heavy atom. The molecule has 0 fully saturated rings. The molecule has 3 aromatic rings. The molecule has 1 aromatic heterocycles. The van der Waals surface area contributed by atoms with Crippen molar-refractivity contribution in [1.82, 2.24) is 10.2 Å². The second kappa shape index (κ2) is 6.45. The fraction of sp³-hybridized carbons (Fsp3) is 0.125. The summed E-state index contributed by atoms with van der Waals surface area (Å²) in [5.41, 5.74) is 0.162. The quantitative estimate of drug-likeness (QED) is 0.625. The SMILES string of the molecule is FC(F)(F)c1ccccc1-c1nnc(SCc2ccccc2)o1. The third kappa shape index (κ3) is 3.73. The van der Waals surface area contributed by atoms with Gasteiger partial charge in [0.15, 0.2) is 0 Å². The van der Waals surface area contributed by atoms with E-state index in [0.717, 1.165) is 11.6 Å². The van der Waals surface area contributed by atoms with Crippen LogP contribution in [0.25, 0.3) is 11.5 Å². The Morgan fingerprint density at radius 1 is 0.913 bits per heavy atom. The van der Waals surface area contributed by atoms with E-state index >= 15 is 0 Å². The average Bonchev–Trinajstić information content (AvgIpc) is 3.02. The molecule has 0 unspecified atom stereocenters. The van der Waals surface area contributed by atoms with Crippen LogP contribution in [0.2, 0.25) is 0 Å². The molecule has 2 aromatic carbocycles. The number of thioether (sulfide) groups is 1. The first kappa shape index (κ1) is 15.6. The van der Waals surface area contributed by atoms with Gasteiger partial charge in [0.25, 0.3) is 5.22 Å². The maximum absolute atomic E-state index is 13.0. The summed E-state index contributed by atoms with van der Waals surface area (Å²) >= 11 is 1.28. The van der Waals surface area contributed by atoms with E-state index in [1.165, 1.54) is 30.0 Å². The van der Waals surface area contributed by atoms with E-state index < -0.39 is 11.7 Å². The summed E-state index contributed by atoms with van der Waals surface area (Å²) in [5, 5.41) is 7.78. The van der Waals surface area contributed by atoms with Crippen molar-refractivity contribution >= 4 is 11.8 Å². The van der Waals surface area contributed by atoms with Crippen LogP contribution < -0.4 is 0 Å². The first-order valence-corrected chi connectivity index (χ1v) is 7.69. The summed E-state index contributed by atoms with van der Waals surface area (Å²) < 4.78 is 44.4. The van der Waals surface area contributed by atoms with Crippen molar-refractivity contribution in [3.8, 4) is 11.5 Å². The van der Waals surface area contributed by atoms with Crippen molar-refractivity contribution in [2.24, 2.45) is 0 Å². The van der Waals surface area contributed by atoms with Gasteiger partial charge in [-0.1, -0.05) is 54.2 Å². The first-order valence-electron chi connectivity index (χ1n) is 6.71. The minimum absolute atomic E-state index is 0.112. The van der Waals surface area contributed by atoms with E-state index in [1.54, 1.807) is 0 Å². The Labute approximate surface area is 134 Å². The standard InChI is InChI=1S/C16H11F3N2OS/c17-16(18,19)13-9-5-4-8-12(13)14-20-21-15(22-14)23-10-11-6-2-1-3-7-11/h1-9H,10H2. The number of alkyl halides is 3. The van der Waals surface area contributed by atoms with Gasteiger partial charge in [-0.05, 0) is 17.7 Å². The van der Waals surface area contributed by atoms with Gasteiger partial charge >= 0.3 is 6.18 Å². The number of halogens is 3. The lowest BCUT2D eigenvalue weighted by molar-refractivity contribution is -0.137. The highest BCUT2D eigenvalue weighted by atomic mass is 32.2. The fourth-order valence-corrected chi connectivity index (χ4v) is 2.73. The molecule has 0 aliphatic rings. The Morgan fingerprint density at radius 2 is 1.61 bits per heavy atom. The number of rotatable bonds is 4.